The van der Waals surface area contributed by atoms with E-state index < -0.39 is 5.60 Å². The molecular weight excluding hydrogens is 194 g/mol. The molecule has 1 N–H and O–H groups in total. The van der Waals surface area contributed by atoms with Gasteiger partial charge in [0.25, 0.3) is 0 Å². The van der Waals surface area contributed by atoms with Crippen molar-refractivity contribution in [2.24, 2.45) is 5.92 Å². The molecule has 0 aromatic heterocycles. The molecule has 0 unspecified atom stereocenters. The van der Waals surface area contributed by atoms with E-state index in [-0.39, 0.29) is 6.09 Å². The molecule has 4 nitrogen and oxygen atoms in total. The summed E-state index contributed by atoms with van der Waals surface area (Å²) in [6, 6.07) is 0. The van der Waals surface area contributed by atoms with Gasteiger partial charge in [-0.05, 0) is 25.7 Å². The number of amides is 1. The number of ether oxygens (including phenoxy) is 1. The monoisotopic (exact) mass is 215 g/mol. The number of piperidine rings is 1. The molecule has 0 aliphatic carbocycles. The number of aliphatic hydroxyl groups is 1. The molecule has 15 heavy (non-hydrogen) atoms. The van der Waals surface area contributed by atoms with Crippen LogP contribution in [-0.4, -0.2) is 41.4 Å². The molecule has 1 heterocycles. The summed E-state index contributed by atoms with van der Waals surface area (Å²) in [5.74, 6) is 0.363. The molecule has 0 aromatic rings. The van der Waals surface area contributed by atoms with Gasteiger partial charge in [-0.15, -0.1) is 0 Å². The lowest BCUT2D eigenvalue weighted by Gasteiger charge is -2.35. The highest BCUT2D eigenvalue weighted by molar-refractivity contribution is 5.67. The molecule has 0 saturated carbocycles. The Morgan fingerprint density at radius 1 is 1.47 bits per heavy atom. The Balaban J connectivity index is 2.30. The minimum atomic E-state index is -0.616. The maximum Gasteiger partial charge on any atom is 0.409 e. The molecule has 1 aliphatic heterocycles. The minimum absolute atomic E-state index is 0.251. The van der Waals surface area contributed by atoms with Crippen molar-refractivity contribution in [3.05, 3.63) is 0 Å². The van der Waals surface area contributed by atoms with Crippen LogP contribution in [0.25, 0.3) is 0 Å². The van der Waals surface area contributed by atoms with Gasteiger partial charge in [-0.2, -0.15) is 0 Å². The van der Waals surface area contributed by atoms with Gasteiger partial charge < -0.3 is 14.7 Å². The van der Waals surface area contributed by atoms with Gasteiger partial charge in [-0.3, -0.25) is 0 Å². The van der Waals surface area contributed by atoms with Gasteiger partial charge in [0.05, 0.1) is 12.2 Å². The first kappa shape index (κ1) is 12.3. The third-order valence-corrected chi connectivity index (χ3v) is 2.64. The van der Waals surface area contributed by atoms with Crippen molar-refractivity contribution in [3.63, 3.8) is 0 Å². The molecule has 0 atom stereocenters. The van der Waals surface area contributed by atoms with Crippen LogP contribution in [0.5, 0.6) is 0 Å². The van der Waals surface area contributed by atoms with Crippen molar-refractivity contribution in [1.82, 2.24) is 4.90 Å². The van der Waals surface area contributed by atoms with Crippen molar-refractivity contribution in [2.45, 2.75) is 39.2 Å². The maximum atomic E-state index is 11.5. The number of likely N-dealkylation sites (tertiary alicyclic amines) is 1. The van der Waals surface area contributed by atoms with Crippen LogP contribution in [0.3, 0.4) is 0 Å². The van der Waals surface area contributed by atoms with Crippen LogP contribution in [0.2, 0.25) is 0 Å². The third kappa shape index (κ3) is 4.08. The number of nitrogens with zero attached hydrogens (tertiary/aromatic N) is 1. The molecule has 1 rings (SSSR count). The topological polar surface area (TPSA) is 49.8 Å². The van der Waals surface area contributed by atoms with Gasteiger partial charge in [0.1, 0.15) is 0 Å². The molecule has 1 saturated heterocycles. The lowest BCUT2D eigenvalue weighted by molar-refractivity contribution is -0.00696. The fourth-order valence-electron chi connectivity index (χ4n) is 1.50. The Morgan fingerprint density at radius 2 is 2.00 bits per heavy atom. The van der Waals surface area contributed by atoms with Crippen LogP contribution in [-0.2, 0) is 4.74 Å². The highest BCUT2D eigenvalue weighted by atomic mass is 16.6. The van der Waals surface area contributed by atoms with E-state index in [1.54, 1.807) is 4.90 Å². The summed E-state index contributed by atoms with van der Waals surface area (Å²) >= 11 is 0. The normalized spacial score (nSPS) is 20.5. The Kier molecular flexibility index (Phi) is 3.97. The second-order valence-corrected chi connectivity index (χ2v) is 4.95. The summed E-state index contributed by atoms with van der Waals surface area (Å²) in [7, 11) is 0. The van der Waals surface area contributed by atoms with Crippen molar-refractivity contribution in [3.8, 4) is 0 Å². The number of carbonyl (C=O) groups excluding carboxylic acids is 1. The van der Waals surface area contributed by atoms with Crippen LogP contribution in [0.1, 0.15) is 33.6 Å². The van der Waals surface area contributed by atoms with E-state index in [0.717, 1.165) is 0 Å². The van der Waals surface area contributed by atoms with E-state index in [1.165, 1.54) is 0 Å². The summed E-state index contributed by atoms with van der Waals surface area (Å²) in [6.07, 6.45) is 1.01. The highest BCUT2D eigenvalue weighted by Crippen LogP contribution is 2.21. The number of rotatable bonds is 2. The maximum absolute atomic E-state index is 11.5. The zero-order valence-corrected chi connectivity index (χ0v) is 9.82. The minimum Gasteiger partial charge on any atom is -0.449 e. The lowest BCUT2D eigenvalue weighted by Crippen LogP contribution is -2.45. The number of hydrogen-bond acceptors (Lipinski definition) is 3. The molecule has 0 radical (unpaired) electrons. The van der Waals surface area contributed by atoms with Crippen LogP contribution >= 0.6 is 0 Å². The predicted molar refractivity (Wildman–Crippen MR) is 57.6 cm³/mol. The SMILES string of the molecule is CC(C)COC(=O)N1CCC(C)(O)CC1. The van der Waals surface area contributed by atoms with Gasteiger partial charge in [0.2, 0.25) is 0 Å². The van der Waals surface area contributed by atoms with E-state index in [0.29, 0.717) is 38.5 Å². The van der Waals surface area contributed by atoms with E-state index in [1.807, 2.05) is 20.8 Å². The standard InChI is InChI=1S/C11H21NO3/c1-9(2)8-15-10(13)12-6-4-11(3,14)5-7-12/h9,14H,4-8H2,1-3H3. The first-order valence-corrected chi connectivity index (χ1v) is 5.55. The Hall–Kier alpha value is -0.770. The average Bonchev–Trinajstić information content (AvgIpc) is 2.14. The van der Waals surface area contributed by atoms with E-state index in [2.05, 4.69) is 0 Å². The summed E-state index contributed by atoms with van der Waals surface area (Å²) < 4.78 is 5.12. The molecule has 88 valence electrons. The van der Waals surface area contributed by atoms with Gasteiger partial charge in [-0.1, -0.05) is 13.8 Å². The van der Waals surface area contributed by atoms with Crippen LogP contribution in [0.15, 0.2) is 0 Å². The van der Waals surface area contributed by atoms with Crippen molar-refractivity contribution >= 4 is 6.09 Å². The zero-order chi connectivity index (χ0) is 11.5. The van der Waals surface area contributed by atoms with E-state index in [4.69, 9.17) is 4.74 Å². The zero-order valence-electron chi connectivity index (χ0n) is 9.82. The molecule has 1 amide bonds. The summed E-state index contributed by atoms with van der Waals surface area (Å²) in [5, 5.41) is 9.71. The van der Waals surface area contributed by atoms with Crippen LogP contribution < -0.4 is 0 Å². The van der Waals surface area contributed by atoms with Crippen molar-refractivity contribution in [1.29, 1.82) is 0 Å². The summed E-state index contributed by atoms with van der Waals surface area (Å²) in [5.41, 5.74) is -0.616. The number of carbonyl (C=O) groups is 1. The molecule has 0 spiro atoms. The van der Waals surface area contributed by atoms with Gasteiger partial charge in [0.15, 0.2) is 0 Å². The van der Waals surface area contributed by atoms with Crippen LogP contribution in [0, 0.1) is 5.92 Å². The molecule has 0 aromatic carbocycles. The van der Waals surface area contributed by atoms with Gasteiger partial charge in [-0.25, -0.2) is 4.79 Å². The molecule has 0 bridgehead atoms. The first-order chi connectivity index (χ1) is 6.91. The smallest absolute Gasteiger partial charge is 0.409 e. The van der Waals surface area contributed by atoms with Crippen molar-refractivity contribution in [2.75, 3.05) is 19.7 Å². The molecule has 1 fully saturated rings. The Bertz CT molecular complexity index is 216. The van der Waals surface area contributed by atoms with E-state index >= 15 is 0 Å². The summed E-state index contributed by atoms with van der Waals surface area (Å²) in [6.45, 7) is 7.46. The average molecular weight is 215 g/mol. The third-order valence-electron chi connectivity index (χ3n) is 2.64. The second-order valence-electron chi connectivity index (χ2n) is 4.95. The predicted octanol–water partition coefficient (Wildman–Crippen LogP) is 1.63. The largest absolute Gasteiger partial charge is 0.449 e. The number of hydrogen-bond donors (Lipinski definition) is 1. The molecule has 4 heteroatoms. The molecule has 1 aliphatic rings. The van der Waals surface area contributed by atoms with Crippen LogP contribution in [0.4, 0.5) is 4.79 Å². The van der Waals surface area contributed by atoms with Gasteiger partial charge >= 0.3 is 6.09 Å². The lowest BCUT2D eigenvalue weighted by atomic mass is 9.94. The Morgan fingerprint density at radius 3 is 2.47 bits per heavy atom. The Labute approximate surface area is 91.2 Å². The highest BCUT2D eigenvalue weighted by Gasteiger charge is 2.30. The molecular formula is C11H21NO3. The summed E-state index contributed by atoms with van der Waals surface area (Å²) in [4.78, 5) is 13.2. The second kappa shape index (κ2) is 4.84. The van der Waals surface area contributed by atoms with Gasteiger partial charge in [0, 0.05) is 13.1 Å². The fourth-order valence-corrected chi connectivity index (χ4v) is 1.50. The fraction of sp³-hybridized carbons (Fsp3) is 0.909. The first-order valence-electron chi connectivity index (χ1n) is 5.55. The van der Waals surface area contributed by atoms with E-state index in [9.17, 15) is 9.90 Å². The quantitative estimate of drug-likeness (QED) is 0.761. The van der Waals surface area contributed by atoms with Crippen molar-refractivity contribution < 1.29 is 14.6 Å².